The first-order valence-corrected chi connectivity index (χ1v) is 11.5. The van der Waals surface area contributed by atoms with Crippen LogP contribution < -0.4 is 0 Å². The summed E-state index contributed by atoms with van der Waals surface area (Å²) < 4.78 is 1.67. The fraction of sp³-hybridized carbons (Fsp3) is 0.154. The molecule has 150 valence electrons. The van der Waals surface area contributed by atoms with E-state index in [4.69, 9.17) is 9.97 Å². The third-order valence-corrected chi connectivity index (χ3v) is 6.13. The molecule has 0 aliphatic heterocycles. The van der Waals surface area contributed by atoms with E-state index in [2.05, 4.69) is 119 Å². The lowest BCUT2D eigenvalue weighted by Crippen LogP contribution is -2.17. The Morgan fingerprint density at radius 3 is 1.33 bits per heavy atom. The van der Waals surface area contributed by atoms with E-state index < -0.39 is 0 Å². The van der Waals surface area contributed by atoms with Gasteiger partial charge in [-0.3, -0.25) is 0 Å². The Balaban J connectivity index is 1.99. The first kappa shape index (κ1) is 21.0. The maximum Gasteiger partial charge on any atom is 0.106 e. The molecule has 4 aromatic rings. The van der Waals surface area contributed by atoms with E-state index in [-0.39, 0.29) is 11.8 Å². The van der Waals surface area contributed by atoms with Gasteiger partial charge in [-0.1, -0.05) is 71.8 Å². The van der Waals surface area contributed by atoms with Crippen LogP contribution in [-0.4, -0.2) is 9.97 Å². The summed E-state index contributed by atoms with van der Waals surface area (Å²) in [5, 5.41) is 0. The maximum absolute atomic E-state index is 4.87. The molecule has 0 bridgehead atoms. The Bertz CT molecular complexity index is 989. The van der Waals surface area contributed by atoms with Crippen molar-refractivity contribution in [1.82, 2.24) is 9.97 Å². The number of aromatic nitrogens is 2. The summed E-state index contributed by atoms with van der Waals surface area (Å²) in [6.45, 7) is 4.27. The zero-order valence-corrected chi connectivity index (χ0v) is 20.1. The molecule has 2 heterocycles. The molecule has 0 saturated heterocycles. The molecule has 2 nitrogen and oxygen atoms in total. The van der Waals surface area contributed by atoms with Crippen LogP contribution in [0.5, 0.6) is 0 Å². The smallest absolute Gasteiger partial charge is 0.106 e. The average molecular weight is 522 g/mol. The van der Waals surface area contributed by atoms with Crippen molar-refractivity contribution < 1.29 is 0 Å². The highest BCUT2D eigenvalue weighted by molar-refractivity contribution is 9.10. The molecule has 0 spiro atoms. The van der Waals surface area contributed by atoms with Crippen molar-refractivity contribution >= 4 is 31.9 Å². The summed E-state index contributed by atoms with van der Waals surface area (Å²) in [5.41, 5.74) is 6.96. The van der Waals surface area contributed by atoms with Crippen LogP contribution in [0.2, 0.25) is 0 Å². The van der Waals surface area contributed by atoms with Crippen LogP contribution in [0.25, 0.3) is 0 Å². The maximum atomic E-state index is 4.87. The molecular weight excluding hydrogens is 500 g/mol. The molecule has 0 saturated carbocycles. The van der Waals surface area contributed by atoms with Crippen molar-refractivity contribution in [3.8, 4) is 0 Å². The molecule has 0 aliphatic carbocycles. The molecule has 2 aromatic carbocycles. The molecule has 30 heavy (non-hydrogen) atoms. The number of hydrogen-bond donors (Lipinski definition) is 0. The van der Waals surface area contributed by atoms with Gasteiger partial charge in [-0.15, -0.1) is 0 Å². The predicted molar refractivity (Wildman–Crippen MR) is 130 cm³/mol. The van der Waals surface area contributed by atoms with Crippen LogP contribution in [0.4, 0.5) is 0 Å². The highest BCUT2D eigenvalue weighted by atomic mass is 79.9. The minimum atomic E-state index is 0.0194. The summed E-state index contributed by atoms with van der Waals surface area (Å²) in [7, 11) is 0. The molecular formula is C26H22Br2N2. The number of halogens is 2. The number of rotatable bonds is 5. The third-order valence-electron chi connectivity index (χ3n) is 5.25. The van der Waals surface area contributed by atoms with Gasteiger partial charge in [0.05, 0.1) is 11.4 Å². The minimum absolute atomic E-state index is 0.0194. The number of nitrogens with zero attached hydrogens (tertiary/aromatic N) is 2. The molecule has 4 heteroatoms. The van der Waals surface area contributed by atoms with Crippen LogP contribution in [-0.2, 0) is 0 Å². The van der Waals surface area contributed by atoms with E-state index in [1.165, 1.54) is 22.3 Å². The van der Waals surface area contributed by atoms with Gasteiger partial charge < -0.3 is 0 Å². The molecule has 2 aromatic heterocycles. The van der Waals surface area contributed by atoms with Gasteiger partial charge in [0.15, 0.2) is 0 Å². The minimum Gasteiger partial charge on any atom is -0.245 e. The number of pyridine rings is 2. The Kier molecular flexibility index (Phi) is 6.45. The molecule has 0 amide bonds. The predicted octanol–water partition coefficient (Wildman–Crippen LogP) is 7.58. The van der Waals surface area contributed by atoms with Gasteiger partial charge in [-0.25, -0.2) is 9.97 Å². The van der Waals surface area contributed by atoms with Crippen LogP contribution in [0.3, 0.4) is 0 Å². The summed E-state index contributed by atoms with van der Waals surface area (Å²) >= 11 is 7.14. The monoisotopic (exact) mass is 520 g/mol. The first-order chi connectivity index (χ1) is 14.5. The first-order valence-electron chi connectivity index (χ1n) is 9.89. The second-order valence-corrected chi connectivity index (χ2v) is 9.18. The Labute approximate surface area is 194 Å². The third kappa shape index (κ3) is 4.71. The van der Waals surface area contributed by atoms with Crippen LogP contribution in [0.1, 0.15) is 45.5 Å². The summed E-state index contributed by atoms with van der Waals surface area (Å²) in [4.78, 5) is 9.75. The molecule has 0 fully saturated rings. The van der Waals surface area contributed by atoms with E-state index in [1.54, 1.807) is 0 Å². The fourth-order valence-corrected chi connectivity index (χ4v) is 4.70. The van der Waals surface area contributed by atoms with Crippen LogP contribution >= 0.6 is 31.9 Å². The second kappa shape index (κ2) is 9.23. The zero-order valence-electron chi connectivity index (χ0n) is 16.9. The van der Waals surface area contributed by atoms with E-state index >= 15 is 0 Å². The number of aryl methyl sites for hydroxylation is 2. The van der Waals surface area contributed by atoms with Gasteiger partial charge in [0.25, 0.3) is 0 Å². The fourth-order valence-electron chi connectivity index (χ4n) is 3.99. The van der Waals surface area contributed by atoms with Gasteiger partial charge in [-0.05, 0) is 81.1 Å². The lowest BCUT2D eigenvalue weighted by Gasteiger charge is -2.28. The van der Waals surface area contributed by atoms with Gasteiger partial charge in [0.1, 0.15) is 9.21 Å². The summed E-state index contributed by atoms with van der Waals surface area (Å²) in [6, 6.07) is 29.7. The molecule has 0 unspecified atom stereocenters. The van der Waals surface area contributed by atoms with Gasteiger partial charge in [0, 0.05) is 11.8 Å². The van der Waals surface area contributed by atoms with E-state index in [0.29, 0.717) is 0 Å². The van der Waals surface area contributed by atoms with Crippen molar-refractivity contribution in [2.75, 3.05) is 0 Å². The lowest BCUT2D eigenvalue weighted by molar-refractivity contribution is 0.654. The normalized spacial score (nSPS) is 13.1. The molecule has 0 radical (unpaired) electrons. The SMILES string of the molecule is Cc1cccc([C@@H](c2cccc(Br)n2)[C@@H](c2cccc(C)c2)c2cccc(Br)n2)c1. The molecule has 2 atom stereocenters. The van der Waals surface area contributed by atoms with E-state index in [1.807, 2.05) is 12.1 Å². The van der Waals surface area contributed by atoms with Crippen molar-refractivity contribution in [3.63, 3.8) is 0 Å². The molecule has 0 aliphatic rings. The Hall–Kier alpha value is -2.30. The Morgan fingerprint density at radius 1 is 0.567 bits per heavy atom. The second-order valence-electron chi connectivity index (χ2n) is 7.55. The van der Waals surface area contributed by atoms with Crippen molar-refractivity contribution in [2.45, 2.75) is 25.7 Å². The average Bonchev–Trinajstić information content (AvgIpc) is 2.72. The molecule has 0 N–H and O–H groups in total. The summed E-state index contributed by atoms with van der Waals surface area (Å²) in [6.07, 6.45) is 0. The number of hydrogen-bond acceptors (Lipinski definition) is 2. The lowest BCUT2D eigenvalue weighted by atomic mass is 9.76. The van der Waals surface area contributed by atoms with Crippen molar-refractivity contribution in [2.24, 2.45) is 0 Å². The van der Waals surface area contributed by atoms with E-state index in [9.17, 15) is 0 Å². The van der Waals surface area contributed by atoms with Crippen LogP contribution in [0.15, 0.2) is 94.1 Å². The van der Waals surface area contributed by atoms with Gasteiger partial charge in [0.2, 0.25) is 0 Å². The van der Waals surface area contributed by atoms with Crippen LogP contribution in [0, 0.1) is 13.8 Å². The van der Waals surface area contributed by atoms with Crippen molar-refractivity contribution in [3.05, 3.63) is 128 Å². The molecule has 4 rings (SSSR count). The van der Waals surface area contributed by atoms with Gasteiger partial charge >= 0.3 is 0 Å². The standard InChI is InChI=1S/C26H22Br2N2/c1-17-7-3-9-19(15-17)25(21-11-5-13-23(27)29-21)26(20-10-4-8-18(2)16-20)22-12-6-14-24(28)30-22/h3-16,25-26H,1-2H3/t25-,26-/m0/s1. The quantitative estimate of drug-likeness (QED) is 0.253. The van der Waals surface area contributed by atoms with E-state index in [0.717, 1.165) is 20.6 Å². The largest absolute Gasteiger partial charge is 0.245 e. The highest BCUT2D eigenvalue weighted by Gasteiger charge is 2.30. The van der Waals surface area contributed by atoms with Gasteiger partial charge in [-0.2, -0.15) is 0 Å². The highest BCUT2D eigenvalue weighted by Crippen LogP contribution is 2.42. The number of benzene rings is 2. The topological polar surface area (TPSA) is 25.8 Å². The van der Waals surface area contributed by atoms with Crippen molar-refractivity contribution in [1.29, 1.82) is 0 Å². The Morgan fingerprint density at radius 2 is 0.967 bits per heavy atom. The zero-order chi connectivity index (χ0) is 21.1. The summed E-state index contributed by atoms with van der Waals surface area (Å²) in [5.74, 6) is 0.0389.